The Morgan fingerprint density at radius 2 is 2.05 bits per heavy atom. The number of nitrogens with two attached hydrogens (primary N) is 1. The number of rotatable bonds is 3. The third kappa shape index (κ3) is 2.95. The number of halogens is 3. The van der Waals surface area contributed by atoms with E-state index in [9.17, 15) is 0 Å². The molecule has 0 aliphatic heterocycles. The van der Waals surface area contributed by atoms with Gasteiger partial charge < -0.3 is 14.9 Å². The Kier molecular flexibility index (Phi) is 3.97. The number of para-hydroxylation sites is 1. The molecule has 0 atom stereocenters. The Morgan fingerprint density at radius 1 is 1.24 bits per heavy atom. The molecule has 0 fully saturated rings. The molecule has 4 nitrogen and oxygen atoms in total. The first-order chi connectivity index (χ1) is 10.0. The third-order valence-corrected chi connectivity index (χ3v) is 4.31. The van der Waals surface area contributed by atoms with Crippen LogP contribution < -0.4 is 10.5 Å². The second-order valence-corrected chi connectivity index (χ2v) is 5.96. The summed E-state index contributed by atoms with van der Waals surface area (Å²) in [4.78, 5) is 4.29. The van der Waals surface area contributed by atoms with Gasteiger partial charge in [-0.1, -0.05) is 29.3 Å². The van der Waals surface area contributed by atoms with E-state index in [1.807, 2.05) is 0 Å². The molecule has 0 aliphatic carbocycles. The van der Waals surface area contributed by atoms with E-state index in [0.29, 0.717) is 42.9 Å². The number of aromatic nitrogens is 1. The molecule has 2 aromatic carbocycles. The molecule has 3 aromatic rings. The Morgan fingerprint density at radius 3 is 2.81 bits per heavy atom. The van der Waals surface area contributed by atoms with Crippen LogP contribution in [0.5, 0.6) is 5.75 Å². The third-order valence-electron chi connectivity index (χ3n) is 2.82. The van der Waals surface area contributed by atoms with Crippen molar-refractivity contribution in [1.82, 2.24) is 4.98 Å². The first-order valence-corrected chi connectivity index (χ1v) is 7.51. The molecule has 0 spiro atoms. The number of oxazole rings is 1. The van der Waals surface area contributed by atoms with E-state index >= 15 is 0 Å². The van der Waals surface area contributed by atoms with Crippen LogP contribution in [0.3, 0.4) is 0 Å². The number of hydrogen-bond donors (Lipinski definition) is 1. The first kappa shape index (κ1) is 14.5. The monoisotopic (exact) mass is 386 g/mol. The molecule has 0 radical (unpaired) electrons. The Balaban J connectivity index is 1.83. The molecule has 2 N–H and O–H groups in total. The number of nitrogen functional groups attached to an aromatic ring is 1. The lowest BCUT2D eigenvalue weighted by atomic mass is 10.3. The van der Waals surface area contributed by atoms with Crippen molar-refractivity contribution >= 4 is 55.9 Å². The van der Waals surface area contributed by atoms with Crippen LogP contribution in [0.15, 0.2) is 39.2 Å². The normalized spacial score (nSPS) is 11.0. The van der Waals surface area contributed by atoms with Gasteiger partial charge >= 0.3 is 0 Å². The van der Waals surface area contributed by atoms with Gasteiger partial charge in [0.1, 0.15) is 11.3 Å². The number of ether oxygens (including phenoxy) is 1. The zero-order valence-electron chi connectivity index (χ0n) is 10.6. The van der Waals surface area contributed by atoms with Gasteiger partial charge in [-0.05, 0) is 34.1 Å². The van der Waals surface area contributed by atoms with Crippen LogP contribution in [0.4, 0.5) is 5.69 Å². The summed E-state index contributed by atoms with van der Waals surface area (Å²) in [5.74, 6) is 0.873. The fourth-order valence-electron chi connectivity index (χ4n) is 1.83. The largest absolute Gasteiger partial charge is 0.482 e. The van der Waals surface area contributed by atoms with Crippen LogP contribution in [0.1, 0.15) is 5.89 Å². The topological polar surface area (TPSA) is 61.3 Å². The number of fused-ring (bicyclic) bond motifs is 1. The molecule has 7 heteroatoms. The van der Waals surface area contributed by atoms with E-state index in [-0.39, 0.29) is 6.61 Å². The molecule has 1 heterocycles. The highest BCUT2D eigenvalue weighted by Crippen LogP contribution is 2.34. The van der Waals surface area contributed by atoms with Crippen LogP contribution in [-0.2, 0) is 6.61 Å². The van der Waals surface area contributed by atoms with Gasteiger partial charge in [-0.2, -0.15) is 0 Å². The molecule has 21 heavy (non-hydrogen) atoms. The summed E-state index contributed by atoms with van der Waals surface area (Å²) in [6.45, 7) is 0.131. The van der Waals surface area contributed by atoms with Crippen molar-refractivity contribution in [3.8, 4) is 5.75 Å². The van der Waals surface area contributed by atoms with Crippen LogP contribution in [0.2, 0.25) is 10.0 Å². The summed E-state index contributed by atoms with van der Waals surface area (Å²) in [5, 5.41) is 0.957. The molecule has 108 valence electrons. The van der Waals surface area contributed by atoms with Gasteiger partial charge in [0.2, 0.25) is 5.89 Å². The van der Waals surface area contributed by atoms with E-state index in [0.717, 1.165) is 0 Å². The number of anilines is 1. The van der Waals surface area contributed by atoms with Crippen LogP contribution in [0.25, 0.3) is 11.1 Å². The Bertz CT molecular complexity index is 820. The maximum Gasteiger partial charge on any atom is 0.233 e. The fraction of sp³-hybridized carbons (Fsp3) is 0.0714. The maximum atomic E-state index is 6.09. The highest BCUT2D eigenvalue weighted by molar-refractivity contribution is 9.10. The molecule has 0 saturated heterocycles. The van der Waals surface area contributed by atoms with Crippen LogP contribution >= 0.6 is 39.1 Å². The lowest BCUT2D eigenvalue weighted by Gasteiger charge is -2.07. The lowest BCUT2D eigenvalue weighted by molar-refractivity contribution is 0.267. The molecule has 0 aliphatic rings. The van der Waals surface area contributed by atoms with Gasteiger partial charge in [0, 0.05) is 10.5 Å². The highest BCUT2D eigenvalue weighted by atomic mass is 79.9. The number of nitrogens with zero attached hydrogens (tertiary/aromatic N) is 1. The number of benzene rings is 2. The van der Waals surface area contributed by atoms with Crippen molar-refractivity contribution in [2.45, 2.75) is 6.61 Å². The second kappa shape index (κ2) is 5.75. The van der Waals surface area contributed by atoms with Crippen LogP contribution in [-0.4, -0.2) is 4.98 Å². The van der Waals surface area contributed by atoms with Gasteiger partial charge in [-0.15, -0.1) is 0 Å². The Hall–Kier alpha value is -1.43. The first-order valence-electron chi connectivity index (χ1n) is 5.96. The zero-order valence-corrected chi connectivity index (χ0v) is 13.7. The van der Waals surface area contributed by atoms with Crippen molar-refractivity contribution in [2.75, 3.05) is 5.73 Å². The summed E-state index contributed by atoms with van der Waals surface area (Å²) < 4.78 is 11.9. The summed E-state index contributed by atoms with van der Waals surface area (Å²) in [7, 11) is 0. The average Bonchev–Trinajstić information content (AvgIpc) is 2.86. The molecule has 0 saturated carbocycles. The van der Waals surface area contributed by atoms with Gasteiger partial charge in [0.15, 0.2) is 12.2 Å². The predicted molar refractivity (Wildman–Crippen MR) is 86.9 cm³/mol. The lowest BCUT2D eigenvalue weighted by Crippen LogP contribution is -1.96. The minimum atomic E-state index is 0.131. The van der Waals surface area contributed by atoms with E-state index in [1.54, 1.807) is 30.3 Å². The highest BCUT2D eigenvalue weighted by Gasteiger charge is 2.11. The summed E-state index contributed by atoms with van der Waals surface area (Å²) >= 11 is 15.4. The van der Waals surface area contributed by atoms with E-state index in [4.69, 9.17) is 38.1 Å². The quantitative estimate of drug-likeness (QED) is 0.504. The van der Waals surface area contributed by atoms with Crippen molar-refractivity contribution in [1.29, 1.82) is 0 Å². The summed E-state index contributed by atoms with van der Waals surface area (Å²) in [6, 6.07) is 8.67. The molecule has 0 amide bonds. The molecular weight excluding hydrogens is 379 g/mol. The van der Waals surface area contributed by atoms with Gasteiger partial charge in [-0.25, -0.2) is 4.98 Å². The smallest absolute Gasteiger partial charge is 0.233 e. The maximum absolute atomic E-state index is 6.09. The van der Waals surface area contributed by atoms with Gasteiger partial charge in [0.25, 0.3) is 0 Å². The van der Waals surface area contributed by atoms with E-state index < -0.39 is 0 Å². The minimum Gasteiger partial charge on any atom is -0.482 e. The fourth-order valence-corrected chi connectivity index (χ4v) is 2.68. The molecular formula is C14H9BrCl2N2O2. The zero-order chi connectivity index (χ0) is 15.0. The van der Waals surface area contributed by atoms with Crippen molar-refractivity contribution < 1.29 is 9.15 Å². The van der Waals surface area contributed by atoms with Gasteiger partial charge in [-0.3, -0.25) is 0 Å². The summed E-state index contributed by atoms with van der Waals surface area (Å²) in [5.41, 5.74) is 7.63. The molecule has 0 unspecified atom stereocenters. The van der Waals surface area contributed by atoms with Crippen molar-refractivity contribution in [3.05, 3.63) is 50.7 Å². The summed E-state index contributed by atoms with van der Waals surface area (Å²) in [6.07, 6.45) is 0. The minimum absolute atomic E-state index is 0.131. The Labute approximate surface area is 138 Å². The molecule has 3 rings (SSSR count). The van der Waals surface area contributed by atoms with Gasteiger partial charge in [0.05, 0.1) is 15.7 Å². The number of hydrogen-bond acceptors (Lipinski definition) is 4. The van der Waals surface area contributed by atoms with E-state index in [2.05, 4.69) is 20.9 Å². The SMILES string of the molecule is Nc1cccc2oc(COc3cc(Cl)c(Br)cc3Cl)nc12. The van der Waals surface area contributed by atoms with Crippen molar-refractivity contribution in [3.63, 3.8) is 0 Å². The molecule has 1 aromatic heterocycles. The van der Waals surface area contributed by atoms with Crippen molar-refractivity contribution in [2.24, 2.45) is 0 Å². The predicted octanol–water partition coefficient (Wildman–Crippen LogP) is 5.06. The second-order valence-electron chi connectivity index (χ2n) is 4.29. The molecule has 0 bridgehead atoms. The van der Waals surface area contributed by atoms with Crippen LogP contribution in [0, 0.1) is 0 Å². The standard InChI is InChI=1S/C14H9BrCl2N2O2/c15-7-4-9(17)12(5-8(7)16)20-6-13-19-14-10(18)2-1-3-11(14)21-13/h1-5H,6,18H2. The average molecular weight is 388 g/mol. The van der Waals surface area contributed by atoms with E-state index in [1.165, 1.54) is 0 Å².